The molecule has 0 aliphatic carbocycles. The monoisotopic (exact) mass is 283 g/mol. The molecule has 0 saturated carbocycles. The van der Waals surface area contributed by atoms with E-state index in [0.717, 1.165) is 15.7 Å². The number of hydrogen-bond acceptors (Lipinski definition) is 1. The van der Waals surface area contributed by atoms with E-state index in [1.807, 2.05) is 54.6 Å². The zero-order valence-corrected chi connectivity index (χ0v) is 10.7. The van der Waals surface area contributed by atoms with Crippen LogP contribution in [-0.4, -0.2) is 5.71 Å². The predicted molar refractivity (Wildman–Crippen MR) is 75.6 cm³/mol. The van der Waals surface area contributed by atoms with E-state index in [9.17, 15) is 0 Å². The smallest absolute Gasteiger partial charge is 0.120 e. The Bertz CT molecular complexity index is 562. The average molecular weight is 284 g/mol. The van der Waals surface area contributed by atoms with Gasteiger partial charge in [-0.25, -0.2) is 4.99 Å². The van der Waals surface area contributed by atoms with Crippen molar-refractivity contribution in [2.75, 3.05) is 0 Å². The van der Waals surface area contributed by atoms with Crippen molar-refractivity contribution in [2.24, 2.45) is 4.99 Å². The summed E-state index contributed by atoms with van der Waals surface area (Å²) in [6, 6.07) is 17.5. The van der Waals surface area contributed by atoms with Gasteiger partial charge in [-0.15, -0.1) is 6.42 Å². The number of nitrogens with zero attached hydrogens (tertiary/aromatic N) is 1. The van der Waals surface area contributed by atoms with E-state index < -0.39 is 0 Å². The van der Waals surface area contributed by atoms with Crippen LogP contribution in [0.5, 0.6) is 0 Å². The van der Waals surface area contributed by atoms with E-state index in [1.165, 1.54) is 0 Å². The fraction of sp³-hybridized carbons (Fsp3) is 0. The summed E-state index contributed by atoms with van der Waals surface area (Å²) in [5, 5.41) is 0. The lowest BCUT2D eigenvalue weighted by molar-refractivity contribution is 1.49. The molecule has 0 radical (unpaired) electrons. The largest absolute Gasteiger partial charge is 0.239 e. The number of rotatable bonds is 2. The molecule has 0 atom stereocenters. The maximum atomic E-state index is 5.49. The fourth-order valence-corrected chi connectivity index (χ4v) is 1.69. The first-order chi connectivity index (χ1) is 8.29. The highest BCUT2D eigenvalue weighted by molar-refractivity contribution is 9.10. The Hall–Kier alpha value is -1.85. The second kappa shape index (κ2) is 5.47. The summed E-state index contributed by atoms with van der Waals surface area (Å²) in [7, 11) is 0. The molecule has 0 fully saturated rings. The van der Waals surface area contributed by atoms with Crippen LogP contribution in [0.15, 0.2) is 64.1 Å². The third-order valence-electron chi connectivity index (χ3n) is 2.25. The third-order valence-corrected chi connectivity index (χ3v) is 2.78. The molecular weight excluding hydrogens is 274 g/mol. The molecule has 17 heavy (non-hydrogen) atoms. The molecule has 0 unspecified atom stereocenters. The molecule has 2 aromatic rings. The highest BCUT2D eigenvalue weighted by atomic mass is 79.9. The molecule has 0 amide bonds. The van der Waals surface area contributed by atoms with Crippen molar-refractivity contribution in [3.05, 3.63) is 64.6 Å². The minimum Gasteiger partial charge on any atom is -0.239 e. The summed E-state index contributed by atoms with van der Waals surface area (Å²) in [4.78, 5) is 4.45. The number of halogens is 1. The van der Waals surface area contributed by atoms with E-state index in [2.05, 4.69) is 26.8 Å². The summed E-state index contributed by atoms with van der Waals surface area (Å²) in [6.45, 7) is 0. The van der Waals surface area contributed by atoms with E-state index in [4.69, 9.17) is 6.42 Å². The lowest BCUT2D eigenvalue weighted by atomic mass is 10.1. The van der Waals surface area contributed by atoms with Crippen molar-refractivity contribution < 1.29 is 0 Å². The Kier molecular flexibility index (Phi) is 3.74. The van der Waals surface area contributed by atoms with Crippen molar-refractivity contribution in [1.82, 2.24) is 0 Å². The third kappa shape index (κ3) is 3.05. The molecule has 0 aliphatic rings. The minimum atomic E-state index is 0.646. The van der Waals surface area contributed by atoms with Crippen LogP contribution < -0.4 is 0 Å². The fourth-order valence-electron chi connectivity index (χ4n) is 1.42. The number of terminal acetylenes is 1. The van der Waals surface area contributed by atoms with Crippen molar-refractivity contribution in [1.29, 1.82) is 0 Å². The molecule has 0 N–H and O–H groups in total. The Labute approximate surface area is 109 Å². The molecule has 0 aliphatic heterocycles. The summed E-state index contributed by atoms with van der Waals surface area (Å²) in [6.07, 6.45) is 5.49. The van der Waals surface area contributed by atoms with Crippen LogP contribution in [0.2, 0.25) is 0 Å². The van der Waals surface area contributed by atoms with Gasteiger partial charge in [0.2, 0.25) is 0 Å². The van der Waals surface area contributed by atoms with E-state index in [-0.39, 0.29) is 0 Å². The Morgan fingerprint density at radius 2 is 1.65 bits per heavy atom. The normalized spacial score (nSPS) is 10.9. The molecule has 0 heterocycles. The van der Waals surface area contributed by atoms with Gasteiger partial charge >= 0.3 is 0 Å². The van der Waals surface area contributed by atoms with Crippen molar-refractivity contribution >= 4 is 27.3 Å². The Morgan fingerprint density at radius 3 is 2.24 bits per heavy atom. The zero-order chi connectivity index (χ0) is 12.1. The molecule has 0 aromatic heterocycles. The quantitative estimate of drug-likeness (QED) is 0.579. The molecule has 2 heteroatoms. The van der Waals surface area contributed by atoms with Crippen LogP contribution in [0.1, 0.15) is 5.56 Å². The molecule has 0 saturated heterocycles. The maximum Gasteiger partial charge on any atom is 0.120 e. The average Bonchev–Trinajstić information content (AvgIpc) is 2.39. The Balaban J connectivity index is 2.37. The van der Waals surface area contributed by atoms with Gasteiger partial charge in [0.15, 0.2) is 0 Å². The lowest BCUT2D eigenvalue weighted by Crippen LogP contribution is -1.95. The second-order valence-corrected chi connectivity index (χ2v) is 4.36. The lowest BCUT2D eigenvalue weighted by Gasteiger charge is -2.00. The SMILES string of the molecule is C#CC(=Nc1ccc(Br)cc1)c1ccccc1. The van der Waals surface area contributed by atoms with Crippen LogP contribution >= 0.6 is 15.9 Å². The van der Waals surface area contributed by atoms with Crippen LogP contribution in [-0.2, 0) is 0 Å². The highest BCUT2D eigenvalue weighted by Gasteiger charge is 1.99. The summed E-state index contributed by atoms with van der Waals surface area (Å²) < 4.78 is 1.03. The molecule has 1 nitrogen and oxygen atoms in total. The molecule has 2 aromatic carbocycles. The van der Waals surface area contributed by atoms with Gasteiger partial charge in [0, 0.05) is 10.0 Å². The molecule has 0 spiro atoms. The first kappa shape index (κ1) is 11.6. The topological polar surface area (TPSA) is 12.4 Å². The number of aliphatic imine (C=N–C) groups is 1. The minimum absolute atomic E-state index is 0.646. The van der Waals surface area contributed by atoms with E-state index in [1.54, 1.807) is 0 Å². The van der Waals surface area contributed by atoms with Gasteiger partial charge < -0.3 is 0 Å². The molecular formula is C15H10BrN. The molecule has 82 valence electrons. The van der Waals surface area contributed by atoms with E-state index in [0.29, 0.717) is 5.71 Å². The number of benzene rings is 2. The van der Waals surface area contributed by atoms with Crippen molar-refractivity contribution in [2.45, 2.75) is 0 Å². The van der Waals surface area contributed by atoms with Gasteiger partial charge in [0.1, 0.15) is 5.71 Å². The summed E-state index contributed by atoms with van der Waals surface area (Å²) in [5.74, 6) is 2.62. The van der Waals surface area contributed by atoms with E-state index >= 15 is 0 Å². The van der Waals surface area contributed by atoms with Crippen molar-refractivity contribution in [3.8, 4) is 12.3 Å². The van der Waals surface area contributed by atoms with Gasteiger partial charge in [0.05, 0.1) is 5.69 Å². The van der Waals surface area contributed by atoms with Crippen LogP contribution in [0, 0.1) is 12.3 Å². The van der Waals surface area contributed by atoms with Gasteiger partial charge in [0.25, 0.3) is 0 Å². The zero-order valence-electron chi connectivity index (χ0n) is 9.10. The summed E-state index contributed by atoms with van der Waals surface area (Å²) in [5.41, 5.74) is 2.45. The van der Waals surface area contributed by atoms with Crippen LogP contribution in [0.3, 0.4) is 0 Å². The molecule has 2 rings (SSSR count). The highest BCUT2D eigenvalue weighted by Crippen LogP contribution is 2.18. The second-order valence-electron chi connectivity index (χ2n) is 3.45. The first-order valence-corrected chi connectivity index (χ1v) is 5.95. The predicted octanol–water partition coefficient (Wildman–Crippen LogP) is 4.20. The Morgan fingerprint density at radius 1 is 1.00 bits per heavy atom. The van der Waals surface area contributed by atoms with Gasteiger partial charge in [-0.05, 0) is 30.2 Å². The maximum absolute atomic E-state index is 5.49. The molecule has 0 bridgehead atoms. The van der Waals surface area contributed by atoms with Crippen LogP contribution in [0.4, 0.5) is 5.69 Å². The number of hydrogen-bond donors (Lipinski definition) is 0. The van der Waals surface area contributed by atoms with Gasteiger partial charge in [-0.3, -0.25) is 0 Å². The standard InChI is InChI=1S/C15H10BrN/c1-2-15(12-6-4-3-5-7-12)17-14-10-8-13(16)9-11-14/h1,3-11H. The van der Waals surface area contributed by atoms with Crippen LogP contribution in [0.25, 0.3) is 0 Å². The van der Waals surface area contributed by atoms with Gasteiger partial charge in [-0.2, -0.15) is 0 Å². The van der Waals surface area contributed by atoms with Crippen molar-refractivity contribution in [3.63, 3.8) is 0 Å². The van der Waals surface area contributed by atoms with Gasteiger partial charge in [-0.1, -0.05) is 46.3 Å². The summed E-state index contributed by atoms with van der Waals surface area (Å²) >= 11 is 3.38. The first-order valence-electron chi connectivity index (χ1n) is 5.16.